The molecule has 1 rings (SSSR count). The highest BCUT2D eigenvalue weighted by Gasteiger charge is 2.11. The van der Waals surface area contributed by atoms with Crippen LogP contribution in [0, 0.1) is 0 Å². The van der Waals surface area contributed by atoms with E-state index < -0.39 is 0 Å². The first-order chi connectivity index (χ1) is 5.83. The van der Waals surface area contributed by atoms with E-state index in [2.05, 4.69) is 22.6 Å². The first kappa shape index (κ1) is 10.0. The van der Waals surface area contributed by atoms with Gasteiger partial charge in [0.2, 0.25) is 0 Å². The molecule has 0 aromatic rings. The second-order valence-electron chi connectivity index (χ2n) is 2.90. The normalized spacial score (nSPS) is 28.1. The number of alkyl halides is 1. The lowest BCUT2D eigenvalue weighted by atomic mass is 10.1. The van der Waals surface area contributed by atoms with E-state index in [1.807, 2.05) is 6.08 Å². The third-order valence-electron chi connectivity index (χ3n) is 1.86. The van der Waals surface area contributed by atoms with E-state index in [0.717, 1.165) is 23.7 Å². The monoisotopic (exact) mass is 280 g/mol. The van der Waals surface area contributed by atoms with Crippen molar-refractivity contribution in [3.8, 4) is 0 Å². The molecule has 1 unspecified atom stereocenters. The molecule has 0 bridgehead atoms. The molecule has 0 aromatic carbocycles. The summed E-state index contributed by atoms with van der Waals surface area (Å²) in [5, 5.41) is 0. The van der Waals surface area contributed by atoms with Gasteiger partial charge in [-0.2, -0.15) is 0 Å². The van der Waals surface area contributed by atoms with Crippen LogP contribution in [0.3, 0.4) is 0 Å². The number of rotatable bonds is 1. The zero-order chi connectivity index (χ0) is 8.81. The molecule has 0 spiro atoms. The van der Waals surface area contributed by atoms with E-state index in [1.54, 1.807) is 6.08 Å². The summed E-state index contributed by atoms with van der Waals surface area (Å²) in [6.45, 7) is 0. The van der Waals surface area contributed by atoms with Crippen molar-refractivity contribution in [2.45, 2.75) is 31.8 Å². The van der Waals surface area contributed by atoms with Gasteiger partial charge >= 0.3 is 5.97 Å². The number of ether oxygens (including phenoxy) is 1. The SMILES string of the molecule is O=C1/C=C\CCCCC(CI)O1. The molecule has 0 N–H and O–H groups in total. The predicted molar refractivity (Wildman–Crippen MR) is 56.4 cm³/mol. The first-order valence-corrected chi connectivity index (χ1v) is 5.78. The average Bonchev–Trinajstić information content (AvgIpc) is 2.16. The van der Waals surface area contributed by atoms with Gasteiger partial charge in [-0.15, -0.1) is 0 Å². The third kappa shape index (κ3) is 3.56. The molecule has 68 valence electrons. The van der Waals surface area contributed by atoms with Crippen molar-refractivity contribution in [2.75, 3.05) is 4.43 Å². The maximum Gasteiger partial charge on any atom is 0.330 e. The van der Waals surface area contributed by atoms with E-state index in [1.165, 1.54) is 6.42 Å². The summed E-state index contributed by atoms with van der Waals surface area (Å²) in [6.07, 6.45) is 7.91. The van der Waals surface area contributed by atoms with Crippen molar-refractivity contribution in [1.29, 1.82) is 0 Å². The van der Waals surface area contributed by atoms with Gasteiger partial charge in [0.05, 0.1) is 0 Å². The van der Waals surface area contributed by atoms with Crippen LogP contribution in [0.5, 0.6) is 0 Å². The van der Waals surface area contributed by atoms with E-state index >= 15 is 0 Å². The van der Waals surface area contributed by atoms with E-state index in [0.29, 0.717) is 0 Å². The quantitative estimate of drug-likeness (QED) is 0.419. The Kier molecular flexibility index (Phi) is 4.65. The standard InChI is InChI=1S/C9H13IO2/c10-7-8-5-3-1-2-4-6-9(11)12-8/h4,6,8H,1-3,5,7H2/b6-4-. The molecule has 0 amide bonds. The first-order valence-electron chi connectivity index (χ1n) is 4.26. The largest absolute Gasteiger partial charge is 0.458 e. The van der Waals surface area contributed by atoms with Crippen LogP contribution in [-0.4, -0.2) is 16.5 Å². The Labute approximate surface area is 86.5 Å². The number of cyclic esters (lactones) is 1. The zero-order valence-electron chi connectivity index (χ0n) is 6.96. The zero-order valence-corrected chi connectivity index (χ0v) is 9.12. The summed E-state index contributed by atoms with van der Waals surface area (Å²) < 4.78 is 6.09. The van der Waals surface area contributed by atoms with Crippen LogP contribution in [0.15, 0.2) is 12.2 Å². The fourth-order valence-electron chi connectivity index (χ4n) is 1.18. The highest BCUT2D eigenvalue weighted by atomic mass is 127. The third-order valence-corrected chi connectivity index (χ3v) is 2.84. The minimum Gasteiger partial charge on any atom is -0.458 e. The predicted octanol–water partition coefficient (Wildman–Crippen LogP) is 2.46. The second kappa shape index (κ2) is 5.56. The van der Waals surface area contributed by atoms with Gasteiger partial charge in [0.15, 0.2) is 0 Å². The van der Waals surface area contributed by atoms with Crippen molar-refractivity contribution in [1.82, 2.24) is 0 Å². The summed E-state index contributed by atoms with van der Waals surface area (Å²) in [4.78, 5) is 11.0. The van der Waals surface area contributed by atoms with Crippen molar-refractivity contribution in [3.63, 3.8) is 0 Å². The molecular formula is C9H13IO2. The lowest BCUT2D eigenvalue weighted by Crippen LogP contribution is -2.17. The number of allylic oxidation sites excluding steroid dienone is 1. The van der Waals surface area contributed by atoms with Gasteiger partial charge in [-0.1, -0.05) is 28.7 Å². The summed E-state index contributed by atoms with van der Waals surface area (Å²) in [6, 6.07) is 0. The van der Waals surface area contributed by atoms with Gasteiger partial charge in [0, 0.05) is 10.5 Å². The molecule has 1 heterocycles. The van der Waals surface area contributed by atoms with Crippen LogP contribution >= 0.6 is 22.6 Å². The molecule has 0 saturated heterocycles. The Bertz CT molecular complexity index is 177. The van der Waals surface area contributed by atoms with Gasteiger partial charge in [-0.3, -0.25) is 0 Å². The minimum atomic E-state index is -0.182. The van der Waals surface area contributed by atoms with Crippen LogP contribution in [0.25, 0.3) is 0 Å². The summed E-state index contributed by atoms with van der Waals surface area (Å²) in [5.41, 5.74) is 0. The van der Waals surface area contributed by atoms with E-state index in [-0.39, 0.29) is 12.1 Å². The summed E-state index contributed by atoms with van der Waals surface area (Å²) >= 11 is 2.26. The number of carbonyl (C=O) groups excluding carboxylic acids is 1. The van der Waals surface area contributed by atoms with E-state index in [9.17, 15) is 4.79 Å². The van der Waals surface area contributed by atoms with Crippen molar-refractivity contribution < 1.29 is 9.53 Å². The molecule has 0 aliphatic carbocycles. The number of halogens is 1. The van der Waals surface area contributed by atoms with Gasteiger partial charge in [-0.25, -0.2) is 4.79 Å². The fraction of sp³-hybridized carbons (Fsp3) is 0.667. The second-order valence-corrected chi connectivity index (χ2v) is 3.78. The molecule has 1 atom stereocenters. The Morgan fingerprint density at radius 2 is 2.42 bits per heavy atom. The summed E-state index contributed by atoms with van der Waals surface area (Å²) in [7, 11) is 0. The van der Waals surface area contributed by atoms with Crippen molar-refractivity contribution in [3.05, 3.63) is 12.2 Å². The van der Waals surface area contributed by atoms with Crippen molar-refractivity contribution in [2.24, 2.45) is 0 Å². The number of hydrogen-bond donors (Lipinski definition) is 0. The fourth-order valence-corrected chi connectivity index (χ4v) is 1.81. The number of hydrogen-bond acceptors (Lipinski definition) is 2. The van der Waals surface area contributed by atoms with Gasteiger partial charge < -0.3 is 4.74 Å². The molecule has 0 saturated carbocycles. The maximum atomic E-state index is 11.0. The Morgan fingerprint density at radius 1 is 1.58 bits per heavy atom. The van der Waals surface area contributed by atoms with Crippen LogP contribution < -0.4 is 0 Å². The Balaban J connectivity index is 2.47. The van der Waals surface area contributed by atoms with Crippen molar-refractivity contribution >= 4 is 28.6 Å². The lowest BCUT2D eigenvalue weighted by Gasteiger charge is -2.12. The topological polar surface area (TPSA) is 26.3 Å². The molecule has 0 aromatic heterocycles. The van der Waals surface area contributed by atoms with Crippen LogP contribution in [0.4, 0.5) is 0 Å². The molecule has 0 radical (unpaired) electrons. The van der Waals surface area contributed by atoms with Gasteiger partial charge in [-0.05, 0) is 25.7 Å². The highest BCUT2D eigenvalue weighted by Crippen LogP contribution is 2.12. The Hall–Kier alpha value is -0.0600. The van der Waals surface area contributed by atoms with E-state index in [4.69, 9.17) is 4.74 Å². The molecule has 1 aliphatic heterocycles. The molecule has 1 aliphatic rings. The lowest BCUT2D eigenvalue weighted by molar-refractivity contribution is -0.142. The average molecular weight is 280 g/mol. The molecule has 0 fully saturated rings. The van der Waals surface area contributed by atoms with Crippen LogP contribution in [-0.2, 0) is 9.53 Å². The molecule has 12 heavy (non-hydrogen) atoms. The van der Waals surface area contributed by atoms with Gasteiger partial charge in [0.25, 0.3) is 0 Å². The number of carbonyl (C=O) groups is 1. The van der Waals surface area contributed by atoms with Crippen LogP contribution in [0.1, 0.15) is 25.7 Å². The summed E-state index contributed by atoms with van der Waals surface area (Å²) in [5.74, 6) is -0.182. The molecular weight excluding hydrogens is 267 g/mol. The number of esters is 1. The molecule has 3 heteroatoms. The minimum absolute atomic E-state index is 0.126. The smallest absolute Gasteiger partial charge is 0.330 e. The Morgan fingerprint density at radius 3 is 3.17 bits per heavy atom. The van der Waals surface area contributed by atoms with Gasteiger partial charge in [0.1, 0.15) is 6.10 Å². The van der Waals surface area contributed by atoms with Crippen LogP contribution in [0.2, 0.25) is 0 Å². The maximum absolute atomic E-state index is 11.0. The highest BCUT2D eigenvalue weighted by molar-refractivity contribution is 14.1. The molecule has 2 nitrogen and oxygen atoms in total.